The van der Waals surface area contributed by atoms with Crippen LogP contribution in [0, 0.1) is 0 Å². The van der Waals surface area contributed by atoms with Gasteiger partial charge in [0.05, 0.1) is 5.69 Å². The van der Waals surface area contributed by atoms with E-state index in [9.17, 15) is 0 Å². The van der Waals surface area contributed by atoms with E-state index in [-0.39, 0.29) is 6.04 Å². The molecular weight excluding hydrogens is 198 g/mol. The van der Waals surface area contributed by atoms with Crippen molar-refractivity contribution in [2.75, 3.05) is 0 Å². The number of hydrogen-bond acceptors (Lipinski definition) is 3. The molecule has 0 spiro atoms. The van der Waals surface area contributed by atoms with Gasteiger partial charge in [0.1, 0.15) is 0 Å². The van der Waals surface area contributed by atoms with E-state index in [0.717, 1.165) is 12.1 Å². The minimum absolute atomic E-state index is 0.287. The van der Waals surface area contributed by atoms with Crippen molar-refractivity contribution in [1.29, 1.82) is 0 Å². The maximum atomic E-state index is 6.12. The molecule has 1 aromatic rings. The Balaban J connectivity index is 1.94. The Morgan fingerprint density at radius 3 is 2.88 bits per heavy atom. The molecule has 3 atom stereocenters. The molecule has 0 aromatic carbocycles. The van der Waals surface area contributed by atoms with Crippen molar-refractivity contribution in [3.05, 3.63) is 30.1 Å². The fraction of sp³-hybridized carbons (Fsp3) is 0.615. The van der Waals surface area contributed by atoms with Crippen LogP contribution in [0.4, 0.5) is 0 Å². The van der Waals surface area contributed by atoms with Gasteiger partial charge in [0, 0.05) is 24.3 Å². The van der Waals surface area contributed by atoms with Crippen molar-refractivity contribution >= 4 is 0 Å². The molecule has 3 heteroatoms. The molecule has 0 amide bonds. The Hall–Kier alpha value is -0.930. The normalized spacial score (nSPS) is 27.6. The molecule has 0 aliphatic heterocycles. The maximum absolute atomic E-state index is 6.12. The third-order valence-electron chi connectivity index (χ3n) is 3.41. The topological polar surface area (TPSA) is 50.9 Å². The van der Waals surface area contributed by atoms with E-state index in [1.807, 2.05) is 18.3 Å². The molecule has 1 aliphatic rings. The summed E-state index contributed by atoms with van der Waals surface area (Å²) in [6, 6.07) is 7.08. The van der Waals surface area contributed by atoms with E-state index in [2.05, 4.69) is 23.3 Å². The number of nitrogens with one attached hydrogen (secondary N) is 1. The van der Waals surface area contributed by atoms with Gasteiger partial charge in [-0.1, -0.05) is 18.9 Å². The summed E-state index contributed by atoms with van der Waals surface area (Å²) < 4.78 is 0. The lowest BCUT2D eigenvalue weighted by Crippen LogP contribution is -2.47. The lowest BCUT2D eigenvalue weighted by Gasteiger charge is -2.31. The lowest BCUT2D eigenvalue weighted by atomic mass is 9.90. The smallest absolute Gasteiger partial charge is 0.0570 e. The molecular formula is C13H21N3. The first-order chi connectivity index (χ1) is 7.77. The molecule has 88 valence electrons. The van der Waals surface area contributed by atoms with Crippen molar-refractivity contribution in [1.82, 2.24) is 10.3 Å². The number of pyridine rings is 1. The Morgan fingerprint density at radius 2 is 2.19 bits per heavy atom. The fourth-order valence-corrected chi connectivity index (χ4v) is 2.41. The van der Waals surface area contributed by atoms with Gasteiger partial charge >= 0.3 is 0 Å². The van der Waals surface area contributed by atoms with E-state index in [1.165, 1.54) is 19.3 Å². The van der Waals surface area contributed by atoms with Crippen molar-refractivity contribution in [2.24, 2.45) is 5.73 Å². The van der Waals surface area contributed by atoms with Crippen LogP contribution in [-0.4, -0.2) is 17.1 Å². The third kappa shape index (κ3) is 2.80. The van der Waals surface area contributed by atoms with Gasteiger partial charge in [0.25, 0.3) is 0 Å². The molecule has 0 unspecified atom stereocenters. The summed E-state index contributed by atoms with van der Waals surface area (Å²) in [7, 11) is 0. The number of nitrogens with two attached hydrogens (primary N) is 1. The highest BCUT2D eigenvalue weighted by atomic mass is 15.0. The highest BCUT2D eigenvalue weighted by Gasteiger charge is 2.23. The SMILES string of the molecule is C[C@H](N[C@H]1CCCC[C@H]1N)c1ccccn1. The summed E-state index contributed by atoms with van der Waals surface area (Å²) in [5, 5.41) is 3.60. The highest BCUT2D eigenvalue weighted by molar-refractivity contribution is 5.08. The van der Waals surface area contributed by atoms with Gasteiger partial charge in [-0.2, -0.15) is 0 Å². The Bertz CT molecular complexity index is 312. The zero-order valence-corrected chi connectivity index (χ0v) is 9.89. The molecule has 1 fully saturated rings. The highest BCUT2D eigenvalue weighted by Crippen LogP contribution is 2.20. The maximum Gasteiger partial charge on any atom is 0.0570 e. The van der Waals surface area contributed by atoms with Crippen LogP contribution < -0.4 is 11.1 Å². The molecule has 1 aromatic heterocycles. The quantitative estimate of drug-likeness (QED) is 0.817. The van der Waals surface area contributed by atoms with E-state index < -0.39 is 0 Å². The summed E-state index contributed by atoms with van der Waals surface area (Å²) >= 11 is 0. The van der Waals surface area contributed by atoms with Gasteiger partial charge in [0.2, 0.25) is 0 Å². The summed E-state index contributed by atoms with van der Waals surface area (Å²) in [4.78, 5) is 4.37. The van der Waals surface area contributed by atoms with E-state index in [0.29, 0.717) is 12.1 Å². The van der Waals surface area contributed by atoms with Gasteiger partial charge in [0.15, 0.2) is 0 Å². The molecule has 2 rings (SSSR count). The zero-order chi connectivity index (χ0) is 11.4. The number of rotatable bonds is 3. The van der Waals surface area contributed by atoms with Gasteiger partial charge < -0.3 is 11.1 Å². The minimum atomic E-state index is 0.287. The molecule has 16 heavy (non-hydrogen) atoms. The first-order valence-corrected chi connectivity index (χ1v) is 6.20. The standard InChI is InChI=1S/C13H21N3/c1-10(12-7-4-5-9-15-12)16-13-8-3-2-6-11(13)14/h4-5,7,9-11,13,16H,2-3,6,8,14H2,1H3/t10-,11+,13-/m0/s1. The molecule has 3 N–H and O–H groups in total. The van der Waals surface area contributed by atoms with Gasteiger partial charge in [-0.15, -0.1) is 0 Å². The fourth-order valence-electron chi connectivity index (χ4n) is 2.41. The monoisotopic (exact) mass is 219 g/mol. The molecule has 3 nitrogen and oxygen atoms in total. The van der Waals surface area contributed by atoms with Gasteiger partial charge in [-0.05, 0) is 31.9 Å². The largest absolute Gasteiger partial charge is 0.326 e. The van der Waals surface area contributed by atoms with Gasteiger partial charge in [-0.3, -0.25) is 4.98 Å². The second-order valence-corrected chi connectivity index (χ2v) is 4.70. The predicted octanol–water partition coefficient (Wildman–Crippen LogP) is 2.00. The van der Waals surface area contributed by atoms with Crippen LogP contribution in [0.25, 0.3) is 0 Å². The molecule has 0 saturated heterocycles. The van der Waals surface area contributed by atoms with E-state index >= 15 is 0 Å². The average Bonchev–Trinajstić information content (AvgIpc) is 2.33. The third-order valence-corrected chi connectivity index (χ3v) is 3.41. The van der Waals surface area contributed by atoms with Crippen LogP contribution in [0.5, 0.6) is 0 Å². The first kappa shape index (κ1) is 11.6. The minimum Gasteiger partial charge on any atom is -0.326 e. The zero-order valence-electron chi connectivity index (χ0n) is 9.89. The van der Waals surface area contributed by atoms with Crippen molar-refractivity contribution in [2.45, 2.75) is 50.7 Å². The second-order valence-electron chi connectivity index (χ2n) is 4.70. The Labute approximate surface area is 97.5 Å². The predicted molar refractivity (Wildman–Crippen MR) is 66.0 cm³/mol. The van der Waals surface area contributed by atoms with Crippen LogP contribution in [0.15, 0.2) is 24.4 Å². The van der Waals surface area contributed by atoms with Crippen LogP contribution in [0.3, 0.4) is 0 Å². The van der Waals surface area contributed by atoms with Crippen molar-refractivity contribution in [3.8, 4) is 0 Å². The van der Waals surface area contributed by atoms with Crippen LogP contribution >= 0.6 is 0 Å². The van der Waals surface area contributed by atoms with Crippen molar-refractivity contribution < 1.29 is 0 Å². The summed E-state index contributed by atoms with van der Waals surface area (Å²) in [5.74, 6) is 0. The number of hydrogen-bond donors (Lipinski definition) is 2. The van der Waals surface area contributed by atoms with E-state index in [4.69, 9.17) is 5.73 Å². The molecule has 1 heterocycles. The van der Waals surface area contributed by atoms with Crippen LogP contribution in [-0.2, 0) is 0 Å². The second kappa shape index (κ2) is 5.41. The molecule has 1 saturated carbocycles. The molecule has 1 aliphatic carbocycles. The van der Waals surface area contributed by atoms with Gasteiger partial charge in [-0.25, -0.2) is 0 Å². The molecule has 0 bridgehead atoms. The summed E-state index contributed by atoms with van der Waals surface area (Å²) in [6.45, 7) is 2.16. The summed E-state index contributed by atoms with van der Waals surface area (Å²) in [5.41, 5.74) is 7.22. The Kier molecular flexibility index (Phi) is 3.91. The van der Waals surface area contributed by atoms with Crippen LogP contribution in [0.1, 0.15) is 44.3 Å². The van der Waals surface area contributed by atoms with Crippen LogP contribution in [0.2, 0.25) is 0 Å². The first-order valence-electron chi connectivity index (χ1n) is 6.20. The van der Waals surface area contributed by atoms with E-state index in [1.54, 1.807) is 0 Å². The van der Waals surface area contributed by atoms with Crippen molar-refractivity contribution in [3.63, 3.8) is 0 Å². The average molecular weight is 219 g/mol. The Morgan fingerprint density at radius 1 is 1.38 bits per heavy atom. The summed E-state index contributed by atoms with van der Waals surface area (Å²) in [6.07, 6.45) is 6.75. The number of nitrogens with zero attached hydrogens (tertiary/aromatic N) is 1. The molecule has 0 radical (unpaired) electrons. The number of aromatic nitrogens is 1. The lowest BCUT2D eigenvalue weighted by molar-refractivity contribution is 0.305.